The molecule has 96 valence electrons. The van der Waals surface area contributed by atoms with E-state index in [1.165, 1.54) is 4.88 Å². The van der Waals surface area contributed by atoms with Crippen molar-refractivity contribution in [1.29, 1.82) is 0 Å². The second-order valence-electron chi connectivity index (χ2n) is 4.26. The molecular weight excluding hydrogens is 248 g/mol. The van der Waals surface area contributed by atoms with Gasteiger partial charge in [0.1, 0.15) is 11.5 Å². The Bertz CT molecular complexity index is 505. The fraction of sp³-hybridized carbons (Fsp3) is 0.385. The molecule has 4 nitrogen and oxygen atoms in total. The largest absolute Gasteiger partial charge is 0.361 e. The van der Waals surface area contributed by atoms with Gasteiger partial charge in [-0.05, 0) is 24.8 Å². The topological polar surface area (TPSA) is 46.3 Å². The molecule has 2 rings (SSSR count). The van der Waals surface area contributed by atoms with E-state index in [0.717, 1.165) is 17.9 Å². The van der Waals surface area contributed by atoms with E-state index in [1.54, 1.807) is 23.3 Å². The number of amides is 1. The summed E-state index contributed by atoms with van der Waals surface area (Å²) in [5.74, 6) is 0.897. The molecule has 0 atom stereocenters. The lowest BCUT2D eigenvalue weighted by Gasteiger charge is -2.15. The minimum absolute atomic E-state index is 0.129. The van der Waals surface area contributed by atoms with Crippen molar-refractivity contribution in [3.05, 3.63) is 39.9 Å². The molecule has 0 unspecified atom stereocenters. The molecule has 0 radical (unpaired) electrons. The van der Waals surface area contributed by atoms with E-state index in [2.05, 4.69) is 11.2 Å². The van der Waals surface area contributed by atoms with E-state index in [4.69, 9.17) is 4.52 Å². The smallest absolute Gasteiger partial charge is 0.223 e. The number of hydrogen-bond acceptors (Lipinski definition) is 4. The van der Waals surface area contributed by atoms with Crippen LogP contribution < -0.4 is 0 Å². The Kier molecular flexibility index (Phi) is 4.15. The number of aryl methyl sites for hydroxylation is 2. The molecule has 2 aromatic heterocycles. The zero-order valence-electron chi connectivity index (χ0n) is 10.5. The van der Waals surface area contributed by atoms with Crippen LogP contribution >= 0.6 is 11.3 Å². The number of rotatable bonds is 5. The van der Waals surface area contributed by atoms with Gasteiger partial charge in [-0.15, -0.1) is 11.3 Å². The number of nitrogens with zero attached hydrogens (tertiary/aromatic N) is 2. The molecule has 0 bridgehead atoms. The Hall–Kier alpha value is -1.62. The van der Waals surface area contributed by atoms with Gasteiger partial charge in [-0.1, -0.05) is 11.2 Å². The molecule has 2 aromatic rings. The number of hydrogen-bond donors (Lipinski definition) is 0. The minimum atomic E-state index is 0.129. The molecule has 0 fully saturated rings. The molecule has 18 heavy (non-hydrogen) atoms. The monoisotopic (exact) mass is 264 g/mol. The Balaban J connectivity index is 1.81. The first-order chi connectivity index (χ1) is 8.65. The van der Waals surface area contributed by atoms with Crippen molar-refractivity contribution in [1.82, 2.24) is 10.1 Å². The Morgan fingerprint density at radius 1 is 1.56 bits per heavy atom. The molecule has 5 heteroatoms. The molecule has 0 saturated heterocycles. The summed E-state index contributed by atoms with van der Waals surface area (Å²) in [5.41, 5.74) is 0.791. The lowest BCUT2D eigenvalue weighted by Crippen LogP contribution is -2.26. The van der Waals surface area contributed by atoms with Crippen LogP contribution in [0.3, 0.4) is 0 Å². The van der Waals surface area contributed by atoms with Gasteiger partial charge >= 0.3 is 0 Å². The maximum Gasteiger partial charge on any atom is 0.223 e. The fourth-order valence-corrected chi connectivity index (χ4v) is 2.41. The third-order valence-electron chi connectivity index (χ3n) is 2.67. The van der Waals surface area contributed by atoms with Crippen molar-refractivity contribution in [2.45, 2.75) is 26.3 Å². The summed E-state index contributed by atoms with van der Waals surface area (Å²) >= 11 is 1.69. The average Bonchev–Trinajstić information content (AvgIpc) is 2.97. The molecule has 0 aliphatic heterocycles. The van der Waals surface area contributed by atoms with Crippen molar-refractivity contribution in [2.24, 2.45) is 0 Å². The highest BCUT2D eigenvalue weighted by Crippen LogP contribution is 2.12. The highest BCUT2D eigenvalue weighted by Gasteiger charge is 2.11. The zero-order valence-corrected chi connectivity index (χ0v) is 11.4. The van der Waals surface area contributed by atoms with Gasteiger partial charge in [0.2, 0.25) is 5.91 Å². The predicted molar refractivity (Wildman–Crippen MR) is 70.4 cm³/mol. The first-order valence-electron chi connectivity index (χ1n) is 5.83. The highest BCUT2D eigenvalue weighted by atomic mass is 32.1. The molecule has 0 saturated carbocycles. The van der Waals surface area contributed by atoms with Crippen LogP contribution in [0.25, 0.3) is 0 Å². The van der Waals surface area contributed by atoms with E-state index < -0.39 is 0 Å². The quantitative estimate of drug-likeness (QED) is 0.834. The van der Waals surface area contributed by atoms with Crippen molar-refractivity contribution in [2.75, 3.05) is 7.05 Å². The van der Waals surface area contributed by atoms with Crippen LogP contribution in [0, 0.1) is 6.92 Å². The Morgan fingerprint density at radius 2 is 2.39 bits per heavy atom. The summed E-state index contributed by atoms with van der Waals surface area (Å²) in [6.45, 7) is 2.34. The summed E-state index contributed by atoms with van der Waals surface area (Å²) in [6, 6.07) is 5.91. The maximum absolute atomic E-state index is 11.9. The normalized spacial score (nSPS) is 10.6. The molecule has 0 aliphatic rings. The van der Waals surface area contributed by atoms with Crippen LogP contribution in [-0.2, 0) is 17.8 Å². The first kappa shape index (κ1) is 12.8. The highest BCUT2D eigenvalue weighted by molar-refractivity contribution is 7.09. The van der Waals surface area contributed by atoms with Gasteiger partial charge in [-0.25, -0.2) is 0 Å². The molecule has 1 amide bonds. The SMILES string of the molecule is Cc1cc(CN(C)C(=O)CCc2cccs2)no1. The van der Waals surface area contributed by atoms with Gasteiger partial charge in [-0.2, -0.15) is 0 Å². The summed E-state index contributed by atoms with van der Waals surface area (Å²) in [4.78, 5) is 14.9. The Morgan fingerprint density at radius 3 is 3.00 bits per heavy atom. The zero-order chi connectivity index (χ0) is 13.0. The van der Waals surface area contributed by atoms with E-state index >= 15 is 0 Å². The third-order valence-corrected chi connectivity index (χ3v) is 3.60. The van der Waals surface area contributed by atoms with Gasteiger partial charge in [0.15, 0.2) is 0 Å². The molecule has 0 aromatic carbocycles. The fourth-order valence-electron chi connectivity index (χ4n) is 1.70. The summed E-state index contributed by atoms with van der Waals surface area (Å²) in [7, 11) is 1.79. The number of thiophene rings is 1. The Labute approximate surface area is 110 Å². The van der Waals surface area contributed by atoms with Crippen LogP contribution in [0.1, 0.15) is 22.8 Å². The van der Waals surface area contributed by atoms with Crippen LogP contribution in [0.15, 0.2) is 28.1 Å². The molecular formula is C13H16N2O2S. The lowest BCUT2D eigenvalue weighted by atomic mass is 10.2. The summed E-state index contributed by atoms with van der Waals surface area (Å²) in [6.07, 6.45) is 1.34. The third kappa shape index (κ3) is 3.43. The van der Waals surface area contributed by atoms with Gasteiger partial charge in [0.05, 0.1) is 6.54 Å². The lowest BCUT2D eigenvalue weighted by molar-refractivity contribution is -0.130. The average molecular weight is 264 g/mol. The van der Waals surface area contributed by atoms with Crippen molar-refractivity contribution >= 4 is 17.2 Å². The maximum atomic E-state index is 11.9. The van der Waals surface area contributed by atoms with Crippen molar-refractivity contribution in [3.8, 4) is 0 Å². The molecule has 0 N–H and O–H groups in total. The second-order valence-corrected chi connectivity index (χ2v) is 5.29. The second kappa shape index (κ2) is 5.82. The first-order valence-corrected chi connectivity index (χ1v) is 6.71. The van der Waals surface area contributed by atoms with E-state index in [0.29, 0.717) is 13.0 Å². The van der Waals surface area contributed by atoms with Crippen molar-refractivity contribution < 1.29 is 9.32 Å². The van der Waals surface area contributed by atoms with E-state index in [9.17, 15) is 4.79 Å². The molecule has 0 aliphatic carbocycles. The predicted octanol–water partition coefficient (Wildman–Crippen LogP) is 2.64. The number of carbonyl (C=O) groups excluding carboxylic acids is 1. The molecule has 2 heterocycles. The van der Waals surface area contributed by atoms with E-state index in [-0.39, 0.29) is 5.91 Å². The van der Waals surface area contributed by atoms with Gasteiger partial charge in [0.25, 0.3) is 0 Å². The number of carbonyl (C=O) groups is 1. The van der Waals surface area contributed by atoms with Crippen LogP contribution in [0.2, 0.25) is 0 Å². The van der Waals surface area contributed by atoms with Gasteiger partial charge in [-0.3, -0.25) is 4.79 Å². The number of aromatic nitrogens is 1. The van der Waals surface area contributed by atoms with E-state index in [1.807, 2.05) is 24.4 Å². The van der Waals surface area contributed by atoms with Crippen LogP contribution in [0.4, 0.5) is 0 Å². The molecule has 0 spiro atoms. The van der Waals surface area contributed by atoms with Crippen LogP contribution in [-0.4, -0.2) is 23.0 Å². The van der Waals surface area contributed by atoms with Gasteiger partial charge < -0.3 is 9.42 Å². The van der Waals surface area contributed by atoms with Crippen molar-refractivity contribution in [3.63, 3.8) is 0 Å². The summed E-state index contributed by atoms with van der Waals surface area (Å²) in [5, 5.41) is 5.91. The van der Waals surface area contributed by atoms with Crippen LogP contribution in [0.5, 0.6) is 0 Å². The summed E-state index contributed by atoms with van der Waals surface area (Å²) < 4.78 is 4.98. The minimum Gasteiger partial charge on any atom is -0.361 e. The van der Waals surface area contributed by atoms with Gasteiger partial charge in [0, 0.05) is 24.4 Å². The standard InChI is InChI=1S/C13H16N2O2S/c1-10-8-11(14-17-10)9-15(2)13(16)6-5-12-4-3-7-18-12/h3-4,7-8H,5-6,9H2,1-2H3.